The van der Waals surface area contributed by atoms with Crippen LogP contribution in [0.4, 0.5) is 0 Å². The summed E-state index contributed by atoms with van der Waals surface area (Å²) in [5.41, 5.74) is 0. The highest BCUT2D eigenvalue weighted by Crippen LogP contribution is 2.53. The second kappa shape index (κ2) is 5.58. The largest absolute Gasteiger partial charge is 0.348 e. The van der Waals surface area contributed by atoms with Crippen molar-refractivity contribution in [2.75, 3.05) is 0 Å². The van der Waals surface area contributed by atoms with Crippen molar-refractivity contribution in [3.05, 3.63) is 43.0 Å². The lowest BCUT2D eigenvalue weighted by Gasteiger charge is -2.21. The molecule has 0 N–H and O–H groups in total. The maximum absolute atomic E-state index is 13.0. The fraction of sp³-hybridized carbons (Fsp3) is 0.529. The van der Waals surface area contributed by atoms with E-state index in [9.17, 15) is 8.42 Å². The van der Waals surface area contributed by atoms with Crippen LogP contribution in [-0.4, -0.2) is 19.5 Å². The fourth-order valence-corrected chi connectivity index (χ4v) is 5.54. The van der Waals surface area contributed by atoms with Gasteiger partial charge in [0.2, 0.25) is 14.8 Å². The Morgan fingerprint density at radius 2 is 1.86 bits per heavy atom. The second-order valence-corrected chi connectivity index (χ2v) is 8.23. The highest BCUT2D eigenvalue weighted by atomic mass is 32.2. The molecule has 1 saturated carbocycles. The topological polar surface area (TPSA) is 46.7 Å². The van der Waals surface area contributed by atoms with Crippen molar-refractivity contribution in [2.45, 2.75) is 54.5 Å². The van der Waals surface area contributed by atoms with Gasteiger partial charge in [-0.05, 0) is 30.9 Å². The monoisotopic (exact) mass is 306 g/mol. The molecule has 0 radical (unpaired) electrons. The molecule has 0 bridgehead atoms. The zero-order valence-corrected chi connectivity index (χ0v) is 13.0. The van der Waals surface area contributed by atoms with Crippen LogP contribution in [0.15, 0.2) is 47.9 Å². The van der Waals surface area contributed by atoms with Gasteiger partial charge in [0, 0.05) is 6.42 Å². The fourth-order valence-electron chi connectivity index (χ4n) is 3.56. The Morgan fingerprint density at radius 3 is 2.48 bits per heavy atom. The number of ether oxygens (including phenoxy) is 1. The minimum Gasteiger partial charge on any atom is -0.348 e. The van der Waals surface area contributed by atoms with E-state index in [1.54, 1.807) is 30.3 Å². The van der Waals surface area contributed by atoms with E-state index in [1.807, 2.05) is 6.07 Å². The number of epoxide rings is 1. The maximum Gasteiger partial charge on any atom is 0.211 e. The molecule has 0 spiro atoms. The van der Waals surface area contributed by atoms with Crippen molar-refractivity contribution >= 4 is 9.84 Å². The number of rotatable bonds is 5. The van der Waals surface area contributed by atoms with E-state index in [0.29, 0.717) is 17.2 Å². The number of hydrogen-bond acceptors (Lipinski definition) is 3. The molecule has 0 amide bonds. The first-order chi connectivity index (χ1) is 10.1. The lowest BCUT2D eigenvalue weighted by Crippen LogP contribution is -2.31. The van der Waals surface area contributed by atoms with Gasteiger partial charge in [-0.25, -0.2) is 8.42 Å². The summed E-state index contributed by atoms with van der Waals surface area (Å²) in [6, 6.07) is 8.64. The van der Waals surface area contributed by atoms with Crippen molar-refractivity contribution in [1.29, 1.82) is 0 Å². The summed E-state index contributed by atoms with van der Waals surface area (Å²) >= 11 is 0. The van der Waals surface area contributed by atoms with Gasteiger partial charge in [0.1, 0.15) is 6.10 Å². The standard InChI is InChI=1S/C17H22O3S/c1-2-13-17(16(20-17)14-9-5-3-6-10-14)21(18,19)15-11-7-4-8-12-15/h2,4,7-8,11-12,14,16H,1,3,5-6,9-10,13H2. The van der Waals surface area contributed by atoms with Crippen molar-refractivity contribution in [3.63, 3.8) is 0 Å². The van der Waals surface area contributed by atoms with E-state index >= 15 is 0 Å². The lowest BCUT2D eigenvalue weighted by molar-refractivity contribution is 0.259. The normalized spacial score (nSPS) is 30.0. The van der Waals surface area contributed by atoms with Gasteiger partial charge in [0.25, 0.3) is 0 Å². The lowest BCUT2D eigenvalue weighted by atomic mass is 9.85. The molecule has 2 aliphatic rings. The van der Waals surface area contributed by atoms with Crippen molar-refractivity contribution in [3.8, 4) is 0 Å². The van der Waals surface area contributed by atoms with Crippen molar-refractivity contribution in [1.82, 2.24) is 0 Å². The van der Waals surface area contributed by atoms with E-state index in [0.717, 1.165) is 12.8 Å². The molecule has 2 atom stereocenters. The molecular formula is C17H22O3S. The zero-order chi connectivity index (χ0) is 14.9. The molecule has 1 saturated heterocycles. The summed E-state index contributed by atoms with van der Waals surface area (Å²) in [5.74, 6) is 0.372. The molecule has 4 heteroatoms. The third kappa shape index (κ3) is 2.44. The van der Waals surface area contributed by atoms with E-state index in [-0.39, 0.29) is 6.10 Å². The predicted octanol–water partition coefficient (Wildman–Crippen LogP) is 3.71. The summed E-state index contributed by atoms with van der Waals surface area (Å²) in [7, 11) is -3.48. The van der Waals surface area contributed by atoms with Crippen molar-refractivity contribution in [2.24, 2.45) is 5.92 Å². The predicted molar refractivity (Wildman–Crippen MR) is 82.6 cm³/mol. The second-order valence-electron chi connectivity index (χ2n) is 6.06. The number of benzene rings is 1. The molecule has 1 aliphatic heterocycles. The summed E-state index contributed by atoms with van der Waals surface area (Å²) in [4.78, 5) is -0.719. The summed E-state index contributed by atoms with van der Waals surface area (Å²) in [5, 5.41) is 0. The van der Waals surface area contributed by atoms with Crippen LogP contribution in [0.5, 0.6) is 0 Å². The third-order valence-corrected chi connectivity index (χ3v) is 7.02. The maximum atomic E-state index is 13.0. The van der Waals surface area contributed by atoms with Crippen LogP contribution in [0.1, 0.15) is 38.5 Å². The van der Waals surface area contributed by atoms with Crippen LogP contribution >= 0.6 is 0 Å². The minimum atomic E-state index is -3.48. The van der Waals surface area contributed by atoms with Gasteiger partial charge in [-0.3, -0.25) is 0 Å². The minimum absolute atomic E-state index is 0.166. The first-order valence-electron chi connectivity index (χ1n) is 7.70. The molecule has 1 aromatic rings. The molecule has 1 heterocycles. The SMILES string of the molecule is C=CCC1(S(=O)(=O)c2ccccc2)OC1C1CCCCC1. The van der Waals surface area contributed by atoms with Crippen LogP contribution in [0.2, 0.25) is 0 Å². The number of hydrogen-bond donors (Lipinski definition) is 0. The van der Waals surface area contributed by atoms with Gasteiger partial charge in [0.15, 0.2) is 0 Å². The summed E-state index contributed by atoms with van der Waals surface area (Å²) in [6.45, 7) is 3.73. The summed E-state index contributed by atoms with van der Waals surface area (Å²) < 4.78 is 31.8. The average Bonchev–Trinajstić information content (AvgIpc) is 3.26. The Hall–Kier alpha value is -1.13. The molecule has 0 aromatic heterocycles. The highest BCUT2D eigenvalue weighted by molar-refractivity contribution is 7.93. The van der Waals surface area contributed by atoms with E-state index < -0.39 is 14.8 Å². The summed E-state index contributed by atoms with van der Waals surface area (Å²) in [6.07, 6.45) is 7.64. The number of sulfone groups is 1. The quantitative estimate of drug-likeness (QED) is 0.615. The van der Waals surface area contributed by atoms with Crippen molar-refractivity contribution < 1.29 is 13.2 Å². The Morgan fingerprint density at radius 1 is 1.19 bits per heavy atom. The molecule has 21 heavy (non-hydrogen) atoms. The Balaban J connectivity index is 1.91. The smallest absolute Gasteiger partial charge is 0.211 e. The molecular weight excluding hydrogens is 284 g/mol. The third-order valence-electron chi connectivity index (χ3n) is 4.72. The van der Waals surface area contributed by atoms with Gasteiger partial charge in [0.05, 0.1) is 4.90 Å². The van der Waals surface area contributed by atoms with Crippen LogP contribution in [0, 0.1) is 5.92 Å². The molecule has 1 aliphatic carbocycles. The van der Waals surface area contributed by atoms with Crippen LogP contribution in [0.25, 0.3) is 0 Å². The first kappa shape index (κ1) is 14.8. The molecule has 3 rings (SSSR count). The van der Waals surface area contributed by atoms with Crippen LogP contribution < -0.4 is 0 Å². The molecule has 3 nitrogen and oxygen atoms in total. The van der Waals surface area contributed by atoms with Gasteiger partial charge in [-0.15, -0.1) is 6.58 Å². The Kier molecular flexibility index (Phi) is 3.93. The molecule has 114 valence electrons. The van der Waals surface area contributed by atoms with E-state index in [2.05, 4.69) is 6.58 Å². The zero-order valence-electron chi connectivity index (χ0n) is 12.2. The van der Waals surface area contributed by atoms with Gasteiger partial charge in [-0.1, -0.05) is 43.5 Å². The van der Waals surface area contributed by atoms with Crippen LogP contribution in [0.3, 0.4) is 0 Å². The van der Waals surface area contributed by atoms with Gasteiger partial charge in [-0.2, -0.15) is 0 Å². The average molecular weight is 306 g/mol. The molecule has 1 aromatic carbocycles. The van der Waals surface area contributed by atoms with Crippen LogP contribution in [-0.2, 0) is 14.6 Å². The molecule has 2 unspecified atom stereocenters. The Bertz CT molecular complexity index is 602. The molecule has 2 fully saturated rings. The Labute approximate surface area is 126 Å². The van der Waals surface area contributed by atoms with E-state index in [1.165, 1.54) is 19.3 Å². The van der Waals surface area contributed by atoms with Gasteiger partial charge < -0.3 is 4.74 Å². The van der Waals surface area contributed by atoms with E-state index in [4.69, 9.17) is 4.74 Å². The van der Waals surface area contributed by atoms with Gasteiger partial charge >= 0.3 is 0 Å². The first-order valence-corrected chi connectivity index (χ1v) is 9.18. The highest BCUT2D eigenvalue weighted by Gasteiger charge is 2.67.